The van der Waals surface area contributed by atoms with Gasteiger partial charge in [-0.05, 0) is 31.1 Å². The predicted molar refractivity (Wildman–Crippen MR) is 74.0 cm³/mol. The monoisotopic (exact) mass is 270 g/mol. The summed E-state index contributed by atoms with van der Waals surface area (Å²) in [7, 11) is 0. The van der Waals surface area contributed by atoms with Crippen LogP contribution >= 0.6 is 0 Å². The molecule has 2 amide bonds. The van der Waals surface area contributed by atoms with Crippen LogP contribution in [-0.4, -0.2) is 53.1 Å². The van der Waals surface area contributed by atoms with Crippen molar-refractivity contribution in [2.75, 3.05) is 26.2 Å². The van der Waals surface area contributed by atoms with E-state index in [1.165, 1.54) is 4.90 Å². The van der Waals surface area contributed by atoms with Crippen LogP contribution in [0.3, 0.4) is 0 Å². The number of rotatable bonds is 5. The maximum Gasteiger partial charge on any atom is 0.323 e. The van der Waals surface area contributed by atoms with E-state index < -0.39 is 5.97 Å². The Labute approximate surface area is 115 Å². The molecule has 5 heteroatoms. The zero-order chi connectivity index (χ0) is 14.4. The average Bonchev–Trinajstić information content (AvgIpc) is 2.37. The highest BCUT2D eigenvalue weighted by atomic mass is 16.4. The number of amides is 2. The number of carboxylic acids is 1. The Hall–Kier alpha value is -1.26. The van der Waals surface area contributed by atoms with Gasteiger partial charge in [-0.3, -0.25) is 4.79 Å². The summed E-state index contributed by atoms with van der Waals surface area (Å²) in [6, 6.07) is -0.119. The number of carbonyl (C=O) groups is 2. The van der Waals surface area contributed by atoms with Crippen molar-refractivity contribution in [3.8, 4) is 0 Å². The van der Waals surface area contributed by atoms with E-state index in [2.05, 4.69) is 13.8 Å². The number of carbonyl (C=O) groups excluding carboxylic acids is 1. The summed E-state index contributed by atoms with van der Waals surface area (Å²) < 4.78 is 0. The molecule has 19 heavy (non-hydrogen) atoms. The van der Waals surface area contributed by atoms with E-state index in [0.29, 0.717) is 18.4 Å². The molecule has 0 spiro atoms. The normalized spacial score (nSPS) is 16.7. The molecule has 0 aromatic rings. The van der Waals surface area contributed by atoms with Crippen molar-refractivity contribution >= 4 is 12.0 Å². The van der Waals surface area contributed by atoms with Gasteiger partial charge in [0.25, 0.3) is 0 Å². The van der Waals surface area contributed by atoms with Gasteiger partial charge in [-0.2, -0.15) is 0 Å². The fourth-order valence-corrected chi connectivity index (χ4v) is 2.63. The second-order valence-electron chi connectivity index (χ2n) is 5.67. The highest BCUT2D eigenvalue weighted by Gasteiger charge is 2.27. The van der Waals surface area contributed by atoms with Crippen LogP contribution in [-0.2, 0) is 4.79 Å². The molecular weight excluding hydrogens is 244 g/mol. The van der Waals surface area contributed by atoms with Crippen molar-refractivity contribution in [2.24, 2.45) is 11.8 Å². The van der Waals surface area contributed by atoms with Crippen molar-refractivity contribution in [2.45, 2.75) is 40.0 Å². The van der Waals surface area contributed by atoms with Crippen LogP contribution in [0.25, 0.3) is 0 Å². The van der Waals surface area contributed by atoms with E-state index in [0.717, 1.165) is 32.4 Å². The largest absolute Gasteiger partial charge is 0.480 e. The SMILES string of the molecule is CCCN(CC(=O)O)C(=O)N1CCC(C(C)C)CC1. The first kappa shape index (κ1) is 15.8. The van der Waals surface area contributed by atoms with Crippen LogP contribution in [0.2, 0.25) is 0 Å². The first-order chi connectivity index (χ1) is 8.95. The van der Waals surface area contributed by atoms with E-state index in [1.807, 2.05) is 6.92 Å². The Morgan fingerprint density at radius 1 is 1.32 bits per heavy atom. The highest BCUT2D eigenvalue weighted by Crippen LogP contribution is 2.24. The van der Waals surface area contributed by atoms with Crippen LogP contribution in [0.5, 0.6) is 0 Å². The van der Waals surface area contributed by atoms with Crippen LogP contribution in [0.1, 0.15) is 40.0 Å². The summed E-state index contributed by atoms with van der Waals surface area (Å²) in [6.07, 6.45) is 2.83. The molecular formula is C14H26N2O3. The molecule has 1 rings (SSSR count). The van der Waals surface area contributed by atoms with Crippen LogP contribution in [0.15, 0.2) is 0 Å². The van der Waals surface area contributed by atoms with Gasteiger partial charge in [0.1, 0.15) is 6.54 Å². The minimum Gasteiger partial charge on any atom is -0.480 e. The molecule has 0 unspecified atom stereocenters. The smallest absolute Gasteiger partial charge is 0.323 e. The van der Waals surface area contributed by atoms with Gasteiger partial charge in [0.15, 0.2) is 0 Å². The third-order valence-corrected chi connectivity index (χ3v) is 3.84. The van der Waals surface area contributed by atoms with Crippen molar-refractivity contribution in [1.29, 1.82) is 0 Å². The summed E-state index contributed by atoms with van der Waals surface area (Å²) in [5.74, 6) is 0.394. The number of piperidine rings is 1. The van der Waals surface area contributed by atoms with E-state index in [-0.39, 0.29) is 12.6 Å². The molecule has 1 N–H and O–H groups in total. The molecule has 1 aliphatic rings. The molecule has 0 saturated carbocycles. The summed E-state index contributed by atoms with van der Waals surface area (Å²) in [6.45, 7) is 8.20. The predicted octanol–water partition coefficient (Wildman–Crippen LogP) is 2.27. The van der Waals surface area contributed by atoms with Gasteiger partial charge in [-0.25, -0.2) is 4.79 Å². The molecule has 1 fully saturated rings. The molecule has 1 heterocycles. The van der Waals surface area contributed by atoms with Crippen LogP contribution in [0, 0.1) is 11.8 Å². The van der Waals surface area contributed by atoms with E-state index in [4.69, 9.17) is 5.11 Å². The van der Waals surface area contributed by atoms with Crippen molar-refractivity contribution in [1.82, 2.24) is 9.80 Å². The Morgan fingerprint density at radius 3 is 2.32 bits per heavy atom. The third-order valence-electron chi connectivity index (χ3n) is 3.84. The number of hydrogen-bond acceptors (Lipinski definition) is 2. The van der Waals surface area contributed by atoms with E-state index in [9.17, 15) is 9.59 Å². The maximum atomic E-state index is 12.3. The molecule has 110 valence electrons. The Kier molecular flexibility index (Phi) is 6.12. The fraction of sp³-hybridized carbons (Fsp3) is 0.857. The first-order valence-corrected chi connectivity index (χ1v) is 7.21. The van der Waals surface area contributed by atoms with Gasteiger partial charge in [0.2, 0.25) is 0 Å². The van der Waals surface area contributed by atoms with E-state index in [1.54, 1.807) is 4.90 Å². The minimum absolute atomic E-state index is 0.119. The quantitative estimate of drug-likeness (QED) is 0.833. The van der Waals surface area contributed by atoms with Crippen molar-refractivity contribution < 1.29 is 14.7 Å². The summed E-state index contributed by atoms with van der Waals surface area (Å²) in [5, 5.41) is 8.86. The molecule has 0 aliphatic carbocycles. The molecule has 0 bridgehead atoms. The third kappa shape index (κ3) is 4.73. The second-order valence-corrected chi connectivity index (χ2v) is 5.67. The van der Waals surface area contributed by atoms with Crippen LogP contribution in [0.4, 0.5) is 4.79 Å². The topological polar surface area (TPSA) is 60.9 Å². The lowest BCUT2D eigenvalue weighted by Crippen LogP contribution is -2.48. The molecule has 0 aromatic carbocycles. The first-order valence-electron chi connectivity index (χ1n) is 7.21. The van der Waals surface area contributed by atoms with Gasteiger partial charge < -0.3 is 14.9 Å². The van der Waals surface area contributed by atoms with Gasteiger partial charge >= 0.3 is 12.0 Å². The number of likely N-dealkylation sites (tertiary alicyclic amines) is 1. The Morgan fingerprint density at radius 2 is 1.89 bits per heavy atom. The standard InChI is InChI=1S/C14H26N2O3/c1-4-7-16(10-13(17)18)14(19)15-8-5-12(6-9-15)11(2)3/h11-12H,4-10H2,1-3H3,(H,17,18). The summed E-state index contributed by atoms with van der Waals surface area (Å²) in [4.78, 5) is 26.3. The van der Waals surface area contributed by atoms with Crippen molar-refractivity contribution in [3.63, 3.8) is 0 Å². The molecule has 5 nitrogen and oxygen atoms in total. The number of aliphatic carboxylic acids is 1. The summed E-state index contributed by atoms with van der Waals surface area (Å²) >= 11 is 0. The van der Waals surface area contributed by atoms with Gasteiger partial charge in [-0.1, -0.05) is 20.8 Å². The minimum atomic E-state index is -0.945. The van der Waals surface area contributed by atoms with Crippen molar-refractivity contribution in [3.05, 3.63) is 0 Å². The van der Waals surface area contributed by atoms with Gasteiger partial charge in [0, 0.05) is 19.6 Å². The molecule has 0 aromatic heterocycles. The molecule has 0 atom stereocenters. The second kappa shape index (κ2) is 7.36. The number of carboxylic acid groups (broad SMARTS) is 1. The number of nitrogens with zero attached hydrogens (tertiary/aromatic N) is 2. The number of urea groups is 1. The average molecular weight is 270 g/mol. The summed E-state index contributed by atoms with van der Waals surface area (Å²) in [5.41, 5.74) is 0. The maximum absolute atomic E-state index is 12.3. The lowest BCUT2D eigenvalue weighted by atomic mass is 9.87. The Balaban J connectivity index is 2.54. The lowest BCUT2D eigenvalue weighted by molar-refractivity contribution is -0.137. The highest BCUT2D eigenvalue weighted by molar-refractivity contribution is 5.80. The zero-order valence-electron chi connectivity index (χ0n) is 12.3. The number of hydrogen-bond donors (Lipinski definition) is 1. The Bertz CT molecular complexity index is 310. The van der Waals surface area contributed by atoms with Gasteiger partial charge in [0.05, 0.1) is 0 Å². The fourth-order valence-electron chi connectivity index (χ4n) is 2.63. The van der Waals surface area contributed by atoms with E-state index >= 15 is 0 Å². The van der Waals surface area contributed by atoms with Crippen LogP contribution < -0.4 is 0 Å². The molecule has 0 radical (unpaired) electrons. The zero-order valence-corrected chi connectivity index (χ0v) is 12.3. The van der Waals surface area contributed by atoms with Gasteiger partial charge in [-0.15, -0.1) is 0 Å². The molecule has 1 aliphatic heterocycles. The molecule has 1 saturated heterocycles. The lowest BCUT2D eigenvalue weighted by Gasteiger charge is -2.36.